The van der Waals surface area contributed by atoms with E-state index in [1.807, 2.05) is 18.2 Å². The Kier molecular flexibility index (Phi) is 9.60. The number of phenols is 1. The zero-order valence-electron chi connectivity index (χ0n) is 14.4. The van der Waals surface area contributed by atoms with Crippen molar-refractivity contribution in [3.8, 4) is 5.75 Å². The molecule has 0 fully saturated rings. The maximum absolute atomic E-state index is 10.6. The average Bonchev–Trinajstić information content (AvgIpc) is 2.55. The molecule has 136 valence electrons. The van der Waals surface area contributed by atoms with Gasteiger partial charge < -0.3 is 15.1 Å². The quantitative estimate of drug-likeness (QED) is 0.581. The van der Waals surface area contributed by atoms with Crippen LogP contribution in [-0.4, -0.2) is 39.9 Å². The minimum Gasteiger partial charge on any atom is -0.508 e. The van der Waals surface area contributed by atoms with Crippen LogP contribution >= 0.6 is 31.9 Å². The second-order valence-corrected chi connectivity index (χ2v) is 7.04. The maximum Gasteiger partial charge on any atom is 0.336 e. The lowest BCUT2D eigenvalue weighted by atomic mass is 10.0. The number of aromatic carboxylic acids is 1. The van der Waals surface area contributed by atoms with Crippen LogP contribution in [-0.2, 0) is 0 Å². The minimum atomic E-state index is -0.847. The first-order valence-corrected chi connectivity index (χ1v) is 10.1. The predicted octanol–water partition coefficient (Wildman–Crippen LogP) is 4.99. The summed E-state index contributed by atoms with van der Waals surface area (Å²) in [4.78, 5) is 12.9. The smallest absolute Gasteiger partial charge is 0.336 e. The molecule has 0 spiro atoms. The van der Waals surface area contributed by atoms with Crippen LogP contribution in [0.2, 0.25) is 0 Å². The molecule has 4 nitrogen and oxygen atoms in total. The topological polar surface area (TPSA) is 60.8 Å². The summed E-state index contributed by atoms with van der Waals surface area (Å²) in [6.07, 6.45) is 0. The van der Waals surface area contributed by atoms with Gasteiger partial charge in [-0.2, -0.15) is 0 Å². The number of aromatic hydroxyl groups is 1. The van der Waals surface area contributed by atoms with E-state index in [-0.39, 0.29) is 0 Å². The van der Waals surface area contributed by atoms with Gasteiger partial charge in [0.2, 0.25) is 0 Å². The van der Waals surface area contributed by atoms with E-state index in [0.29, 0.717) is 11.3 Å². The third-order valence-corrected chi connectivity index (χ3v) is 4.33. The summed E-state index contributed by atoms with van der Waals surface area (Å²) < 4.78 is 0. The molecule has 0 heterocycles. The SMILES string of the molecule is Cc1cccc(C)c1C(=O)O.Oc1ccc(N(CCBr)CCBr)cc1. The summed E-state index contributed by atoms with van der Waals surface area (Å²) in [6, 6.07) is 12.8. The number of hydrogen-bond donors (Lipinski definition) is 2. The first kappa shape index (κ1) is 21.5. The zero-order chi connectivity index (χ0) is 18.8. The highest BCUT2D eigenvalue weighted by molar-refractivity contribution is 9.09. The van der Waals surface area contributed by atoms with Crippen molar-refractivity contribution >= 4 is 43.5 Å². The van der Waals surface area contributed by atoms with Gasteiger partial charge in [0.05, 0.1) is 5.56 Å². The zero-order valence-corrected chi connectivity index (χ0v) is 17.5. The van der Waals surface area contributed by atoms with Gasteiger partial charge in [-0.15, -0.1) is 0 Å². The van der Waals surface area contributed by atoms with E-state index in [1.54, 1.807) is 38.1 Å². The van der Waals surface area contributed by atoms with E-state index in [1.165, 1.54) is 0 Å². The number of halogens is 2. The number of phenolic OH excluding ortho intramolecular Hbond substituents is 1. The number of nitrogens with zero attached hydrogens (tertiary/aromatic N) is 1. The second-order valence-electron chi connectivity index (χ2n) is 5.45. The van der Waals surface area contributed by atoms with E-state index in [2.05, 4.69) is 36.8 Å². The summed E-state index contributed by atoms with van der Waals surface area (Å²) in [7, 11) is 0. The molecular formula is C19H23Br2NO3. The molecule has 0 atom stereocenters. The third kappa shape index (κ3) is 7.08. The van der Waals surface area contributed by atoms with Crippen molar-refractivity contribution in [3.05, 3.63) is 59.2 Å². The van der Waals surface area contributed by atoms with Gasteiger partial charge in [0.1, 0.15) is 5.75 Å². The molecule has 2 rings (SSSR count). The molecule has 0 saturated carbocycles. The molecular weight excluding hydrogens is 450 g/mol. The van der Waals surface area contributed by atoms with Crippen LogP contribution in [0.25, 0.3) is 0 Å². The van der Waals surface area contributed by atoms with Gasteiger partial charge in [-0.3, -0.25) is 0 Å². The van der Waals surface area contributed by atoms with E-state index in [9.17, 15) is 4.79 Å². The molecule has 25 heavy (non-hydrogen) atoms. The Morgan fingerprint density at radius 2 is 1.44 bits per heavy atom. The Bertz CT molecular complexity index is 649. The van der Waals surface area contributed by atoms with Crippen molar-refractivity contribution in [2.45, 2.75) is 13.8 Å². The average molecular weight is 473 g/mol. The van der Waals surface area contributed by atoms with E-state index < -0.39 is 5.97 Å². The van der Waals surface area contributed by atoms with Crippen molar-refractivity contribution in [2.24, 2.45) is 0 Å². The van der Waals surface area contributed by atoms with Gasteiger partial charge in [-0.05, 0) is 49.2 Å². The number of carboxylic acids is 1. The van der Waals surface area contributed by atoms with Crippen molar-refractivity contribution in [1.82, 2.24) is 0 Å². The fourth-order valence-corrected chi connectivity index (χ4v) is 3.25. The molecule has 0 aliphatic carbocycles. The Balaban J connectivity index is 0.000000257. The highest BCUT2D eigenvalue weighted by atomic mass is 79.9. The minimum absolute atomic E-state index is 0.311. The van der Waals surface area contributed by atoms with Crippen molar-refractivity contribution in [1.29, 1.82) is 0 Å². The van der Waals surface area contributed by atoms with E-state index in [0.717, 1.165) is 40.6 Å². The molecule has 0 saturated heterocycles. The normalized spacial score (nSPS) is 9.92. The summed E-state index contributed by atoms with van der Waals surface area (Å²) >= 11 is 6.85. The lowest BCUT2D eigenvalue weighted by Crippen LogP contribution is -2.27. The molecule has 0 unspecified atom stereocenters. The lowest BCUT2D eigenvalue weighted by molar-refractivity contribution is 0.0695. The van der Waals surface area contributed by atoms with Crippen LogP contribution in [0.15, 0.2) is 42.5 Å². The van der Waals surface area contributed by atoms with Gasteiger partial charge in [0.15, 0.2) is 0 Å². The fraction of sp³-hybridized carbons (Fsp3) is 0.316. The summed E-state index contributed by atoms with van der Waals surface area (Å²) in [5.41, 5.74) is 3.20. The van der Waals surface area contributed by atoms with Gasteiger partial charge >= 0.3 is 5.97 Å². The Morgan fingerprint density at radius 1 is 0.960 bits per heavy atom. The molecule has 6 heteroatoms. The van der Waals surface area contributed by atoms with Gasteiger partial charge in [0, 0.05) is 29.4 Å². The van der Waals surface area contributed by atoms with E-state index in [4.69, 9.17) is 10.2 Å². The van der Waals surface area contributed by atoms with Gasteiger partial charge in [0.25, 0.3) is 0 Å². The summed E-state index contributed by atoms with van der Waals surface area (Å²) in [5.74, 6) is -0.535. The first-order chi connectivity index (χ1) is 11.9. The molecule has 0 radical (unpaired) electrons. The van der Waals surface area contributed by atoms with Crippen molar-refractivity contribution in [2.75, 3.05) is 28.6 Å². The van der Waals surface area contributed by atoms with Crippen LogP contribution in [0, 0.1) is 13.8 Å². The van der Waals surface area contributed by atoms with Crippen molar-refractivity contribution < 1.29 is 15.0 Å². The number of carbonyl (C=O) groups is 1. The number of rotatable bonds is 6. The largest absolute Gasteiger partial charge is 0.508 e. The van der Waals surface area contributed by atoms with Crippen molar-refractivity contribution in [3.63, 3.8) is 0 Å². The van der Waals surface area contributed by atoms with Gasteiger partial charge in [-0.25, -0.2) is 4.79 Å². The molecule has 2 aromatic rings. The molecule has 2 N–H and O–H groups in total. The van der Waals surface area contributed by atoms with E-state index >= 15 is 0 Å². The molecule has 0 aliphatic heterocycles. The molecule has 2 aromatic carbocycles. The highest BCUT2D eigenvalue weighted by Crippen LogP contribution is 2.18. The van der Waals surface area contributed by atoms with Crippen LogP contribution in [0.1, 0.15) is 21.5 Å². The maximum atomic E-state index is 10.6. The molecule has 0 aliphatic rings. The van der Waals surface area contributed by atoms with Gasteiger partial charge in [-0.1, -0.05) is 50.1 Å². The van der Waals surface area contributed by atoms with Crippen LogP contribution in [0.3, 0.4) is 0 Å². The number of benzene rings is 2. The fourth-order valence-electron chi connectivity index (χ4n) is 2.39. The standard InChI is InChI=1S/C10H13Br2NO.C9H10O2/c11-5-7-13(8-6-12)9-1-3-10(14)4-2-9;1-6-4-3-5-7(2)8(6)9(10)11/h1-4,14H,5-8H2;3-5H,1-2H3,(H,10,11). The molecule has 0 amide bonds. The Labute approximate surface area is 165 Å². The first-order valence-electron chi connectivity index (χ1n) is 7.86. The molecule has 0 bridgehead atoms. The Hall–Kier alpha value is -1.53. The summed E-state index contributed by atoms with van der Waals surface area (Å²) in [5, 5.41) is 19.8. The number of hydrogen-bond acceptors (Lipinski definition) is 3. The number of aryl methyl sites for hydroxylation is 2. The predicted molar refractivity (Wildman–Crippen MR) is 111 cm³/mol. The number of alkyl halides is 2. The lowest BCUT2D eigenvalue weighted by Gasteiger charge is -2.22. The highest BCUT2D eigenvalue weighted by Gasteiger charge is 2.08. The Morgan fingerprint density at radius 3 is 1.80 bits per heavy atom. The second kappa shape index (κ2) is 11.2. The molecule has 0 aromatic heterocycles. The number of carboxylic acid groups (broad SMARTS) is 1. The van der Waals surface area contributed by atoms with Crippen LogP contribution in [0.5, 0.6) is 5.75 Å². The number of anilines is 1. The third-order valence-electron chi connectivity index (χ3n) is 3.62. The summed E-state index contributed by atoms with van der Waals surface area (Å²) in [6.45, 7) is 5.54. The van der Waals surface area contributed by atoms with Crippen LogP contribution in [0.4, 0.5) is 5.69 Å². The van der Waals surface area contributed by atoms with Crippen LogP contribution < -0.4 is 4.90 Å². The monoisotopic (exact) mass is 471 g/mol.